The summed E-state index contributed by atoms with van der Waals surface area (Å²) in [4.78, 5) is 67.8. The number of nitriles is 4. The predicted molar refractivity (Wildman–Crippen MR) is 479 cm³/mol. The van der Waals surface area contributed by atoms with Crippen molar-refractivity contribution < 1.29 is 111 Å². The van der Waals surface area contributed by atoms with Gasteiger partial charge in [0.05, 0.1) is 127 Å². The molecule has 0 saturated heterocycles. The first-order chi connectivity index (χ1) is 68.3. The molecule has 734 valence electrons. The minimum Gasteiger partial charge on any atom is -0.434 e. The molecule has 0 spiro atoms. The standard InChI is InChI=1S/C23H19F2N7O4S.C22H17F2N7O4S.C21H16F3N7O4S.C20H15F2N7O4S/c24-23(25)36-19-6-5-15(37(34,35)14-3-1-4-14)11-16(19)20-18(13-31(30-20)10-7-26)29-22(33)17-12-28-32-9-2-8-27-21(17)32;23-22(24)35-18-5-4-14(36(33,34)13-2-3-13)10-15(18)19-17(12-30(29-19)9-6-25)28-21(32)16-11-27-31-8-1-7-26-20(16)31;1-12(22)36(33,34)13-3-4-17(35-21(23)24)14(9-13)18-16(11-30(29-18)8-5-25)28-20(32)15-10-27-31-7-2-6-26-19(15)31;1-34(31,32)12-3-4-16(33-20(21)22)13(9-12)17-15(11-28(27-17)8-5-23)26-19(30)14-10-25-29-7-2-6-24-18(14)29/h2,5-6,8-9,11-14,23H,1,3-4,10H2,(H,29,33);1,4-5,7-8,10-13,22H,2-3,9H2,(H,28,32);2-4,6-7,9-12,21H,8H2,1H3,(H,28,32);2-4,6-7,9-11,20H,8H2,1H3,(H,26,30). The van der Waals surface area contributed by atoms with Crippen LogP contribution in [0.5, 0.6) is 23.0 Å². The first kappa shape index (κ1) is 99.9. The highest BCUT2D eigenvalue weighted by atomic mass is 32.2. The number of benzene rings is 4. The van der Waals surface area contributed by atoms with Gasteiger partial charge in [0.15, 0.2) is 52.1 Å². The van der Waals surface area contributed by atoms with E-state index in [2.05, 4.69) is 101 Å². The van der Waals surface area contributed by atoms with Crippen LogP contribution >= 0.6 is 0 Å². The summed E-state index contributed by atoms with van der Waals surface area (Å²) in [6.07, 6.45) is 26.5. The van der Waals surface area contributed by atoms with Gasteiger partial charge < -0.3 is 40.2 Å². The smallest absolute Gasteiger partial charge is 0.387 e. The van der Waals surface area contributed by atoms with E-state index in [1.54, 1.807) is 49.1 Å². The molecule has 4 amide bonds. The number of nitrogens with zero attached hydrogens (tertiary/aromatic N) is 24. The first-order valence-electron chi connectivity index (χ1n) is 41.4. The molecule has 57 heteroatoms. The van der Waals surface area contributed by atoms with Crippen LogP contribution < -0.4 is 40.2 Å². The van der Waals surface area contributed by atoms with Crippen molar-refractivity contribution in [3.8, 4) is 92.3 Å². The molecule has 4 aromatic carbocycles. The van der Waals surface area contributed by atoms with Gasteiger partial charge in [-0.05, 0) is 130 Å². The van der Waals surface area contributed by atoms with Crippen molar-refractivity contribution in [3.63, 3.8) is 0 Å². The summed E-state index contributed by atoms with van der Waals surface area (Å²) in [5, 5.41) is 78.7. The van der Waals surface area contributed by atoms with Crippen molar-refractivity contribution in [3.05, 3.63) is 218 Å². The molecule has 44 nitrogen and oxygen atoms in total. The van der Waals surface area contributed by atoms with Gasteiger partial charge in [-0.15, -0.1) is 0 Å². The summed E-state index contributed by atoms with van der Waals surface area (Å²) in [6.45, 7) is -13.0. The Morgan fingerprint density at radius 3 is 0.874 bits per heavy atom. The number of nitrogens with one attached hydrogen (secondary N) is 4. The second-order valence-electron chi connectivity index (χ2n) is 30.4. The van der Waals surface area contributed by atoms with Crippen molar-refractivity contribution in [2.75, 3.05) is 27.5 Å². The van der Waals surface area contributed by atoms with E-state index in [9.17, 15) is 92.4 Å². The van der Waals surface area contributed by atoms with Crippen LogP contribution in [0.4, 0.5) is 62.3 Å². The lowest BCUT2D eigenvalue weighted by Crippen LogP contribution is -2.28. The number of aromatic nitrogens is 20. The Hall–Kier alpha value is -17.6. The summed E-state index contributed by atoms with van der Waals surface area (Å²) < 4.78 is 248. The Kier molecular flexibility index (Phi) is 29.3. The zero-order valence-corrected chi connectivity index (χ0v) is 76.4. The van der Waals surface area contributed by atoms with Crippen LogP contribution in [0.2, 0.25) is 0 Å². The van der Waals surface area contributed by atoms with Gasteiger partial charge in [-0.3, -0.25) is 37.9 Å². The average Bonchev–Trinajstić information content (AvgIpc) is 1.58. The number of sulfone groups is 4. The monoisotopic (exact) mass is 2050 g/mol. The first-order valence-corrected chi connectivity index (χ1v) is 48.0. The number of alkyl halides is 9. The lowest BCUT2D eigenvalue weighted by molar-refractivity contribution is -0.0501. The third-order valence-electron chi connectivity index (χ3n) is 21.1. The van der Waals surface area contributed by atoms with Gasteiger partial charge in [-0.25, -0.2) is 76.1 Å². The molecule has 2 saturated carbocycles. The molecule has 12 heterocycles. The van der Waals surface area contributed by atoms with E-state index in [-0.39, 0.29) is 171 Å². The Balaban J connectivity index is 0.000000144. The molecule has 0 bridgehead atoms. The van der Waals surface area contributed by atoms with Crippen LogP contribution in [0.3, 0.4) is 0 Å². The molecule has 18 rings (SSSR count). The maximum absolute atomic E-state index is 13.8. The second-order valence-corrected chi connectivity index (χ2v) is 39.1. The van der Waals surface area contributed by atoms with Crippen LogP contribution in [0, 0.1) is 45.3 Å². The fraction of sp³-hybridized carbons (Fsp3) is 0.209. The minimum atomic E-state index is -4.46. The Labute approximate surface area is 799 Å². The molecule has 2 aliphatic carbocycles. The number of carbonyl (C=O) groups excluding carboxylic acids is 4. The maximum Gasteiger partial charge on any atom is 0.387 e. The van der Waals surface area contributed by atoms with E-state index < -0.39 is 116 Å². The van der Waals surface area contributed by atoms with Gasteiger partial charge in [-0.2, -0.15) is 97.0 Å². The van der Waals surface area contributed by atoms with Gasteiger partial charge in [0.1, 0.15) is 94.2 Å². The summed E-state index contributed by atoms with van der Waals surface area (Å²) in [7, 11) is -15.6. The number of ether oxygens (including phenoxy) is 4. The van der Waals surface area contributed by atoms with E-state index in [0.29, 0.717) is 25.7 Å². The van der Waals surface area contributed by atoms with Gasteiger partial charge in [0, 0.05) is 78.1 Å². The van der Waals surface area contributed by atoms with Crippen molar-refractivity contribution in [1.29, 1.82) is 21.0 Å². The lowest BCUT2D eigenvalue weighted by atomic mass is 10.00. The number of carbonyl (C=O) groups is 4. The molecule has 1 atom stereocenters. The van der Waals surface area contributed by atoms with E-state index in [0.717, 1.165) is 72.8 Å². The molecule has 16 aromatic rings. The molecular weight excluding hydrogens is 1980 g/mol. The molecule has 4 N–H and O–H groups in total. The van der Waals surface area contributed by atoms with Crippen molar-refractivity contribution in [1.82, 2.24) is 97.5 Å². The number of fused-ring (bicyclic) bond motifs is 4. The third kappa shape index (κ3) is 22.3. The number of halogens is 9. The van der Waals surface area contributed by atoms with Crippen molar-refractivity contribution in [2.24, 2.45) is 0 Å². The van der Waals surface area contributed by atoms with Crippen LogP contribution in [0.25, 0.3) is 67.6 Å². The molecule has 143 heavy (non-hydrogen) atoms. The van der Waals surface area contributed by atoms with Crippen LogP contribution in [-0.4, -0.2) is 204 Å². The zero-order chi connectivity index (χ0) is 102. The van der Waals surface area contributed by atoms with Crippen molar-refractivity contribution in [2.45, 2.75) is 127 Å². The van der Waals surface area contributed by atoms with Gasteiger partial charge in [0.2, 0.25) is 15.3 Å². The summed E-state index contributed by atoms with van der Waals surface area (Å²) in [6, 6.07) is 27.2. The Morgan fingerprint density at radius 2 is 0.636 bits per heavy atom. The third-order valence-corrected chi connectivity index (χ3v) is 28.4. The Morgan fingerprint density at radius 1 is 0.385 bits per heavy atom. The second kappa shape index (κ2) is 42.0. The molecular formula is C86H67F9N28O16S4. The van der Waals surface area contributed by atoms with Crippen LogP contribution in [0.15, 0.2) is 216 Å². The predicted octanol–water partition coefficient (Wildman–Crippen LogP) is 11.6. The quantitative estimate of drug-likeness (QED) is 0.0293. The van der Waals surface area contributed by atoms with Crippen LogP contribution in [0.1, 0.15) is 80.5 Å². The number of hydrogen-bond acceptors (Lipinski definition) is 32. The van der Waals surface area contributed by atoms with Gasteiger partial charge in [0.25, 0.3) is 23.6 Å². The topological polar surface area (TPSA) is 577 Å². The molecule has 0 radical (unpaired) electrons. The van der Waals surface area contributed by atoms with E-state index in [4.69, 9.17) is 21.0 Å². The fourth-order valence-corrected chi connectivity index (χ4v) is 19.3. The lowest BCUT2D eigenvalue weighted by Gasteiger charge is -2.25. The van der Waals surface area contributed by atoms with Gasteiger partial charge >= 0.3 is 26.4 Å². The largest absolute Gasteiger partial charge is 0.434 e. The zero-order valence-electron chi connectivity index (χ0n) is 73.2. The average molecular weight is 2050 g/mol. The summed E-state index contributed by atoms with van der Waals surface area (Å²) in [5.41, 5.74) is -1.64. The highest BCUT2D eigenvalue weighted by molar-refractivity contribution is 7.92. The molecule has 2 fully saturated rings. The summed E-state index contributed by atoms with van der Waals surface area (Å²) >= 11 is 0. The molecule has 0 aliphatic heterocycles. The highest BCUT2D eigenvalue weighted by Crippen LogP contribution is 2.45. The maximum atomic E-state index is 13.8. The highest BCUT2D eigenvalue weighted by Gasteiger charge is 2.39. The van der Waals surface area contributed by atoms with Crippen LogP contribution in [-0.2, 0) is 65.5 Å². The molecule has 2 aliphatic rings. The molecule has 12 aromatic heterocycles. The SMILES string of the molecule is CC(F)S(=O)(=O)c1ccc(OC(F)F)c(-c2nn(CC#N)cc2NC(=O)c2cnn3cccnc23)c1.CS(=O)(=O)c1ccc(OC(F)F)c(-c2nn(CC#N)cc2NC(=O)c2cnn3cccnc23)c1.N#CCn1cc(NC(=O)c2cnn3cccnc23)c(-c2cc(S(=O)(=O)C3CC3)ccc2OC(F)F)n1.N#CCn1cc(NC(=O)c2cnn3cccnc23)c(-c2cc(S(=O)(=O)C3CCC3)ccc2OC(F)F)n1. The minimum absolute atomic E-state index is 0.0281. The number of hydrogen-bond donors (Lipinski definition) is 4. The normalized spacial score (nSPS) is 12.9. The summed E-state index contributed by atoms with van der Waals surface area (Å²) in [5.74, 6) is -4.10. The fourth-order valence-electron chi connectivity index (χ4n) is 14.1. The Bertz CT molecular complexity index is 8070. The molecule has 1 unspecified atom stereocenters. The number of rotatable bonds is 31. The van der Waals surface area contributed by atoms with Gasteiger partial charge in [-0.1, -0.05) is 6.42 Å². The van der Waals surface area contributed by atoms with E-state index in [1.165, 1.54) is 131 Å². The van der Waals surface area contributed by atoms with E-state index >= 15 is 0 Å². The van der Waals surface area contributed by atoms with Crippen molar-refractivity contribution >= 4 is 108 Å². The van der Waals surface area contributed by atoms with E-state index in [1.807, 2.05) is 24.3 Å². The number of anilines is 4. The number of amides is 4.